The number of rotatable bonds is 9. The number of sulfonamides is 1. The fourth-order valence-corrected chi connectivity index (χ4v) is 5.75. The molecule has 1 aromatic heterocycles. The highest BCUT2D eigenvalue weighted by Gasteiger charge is 2.27. The molecule has 1 fully saturated rings. The van der Waals surface area contributed by atoms with Crippen LogP contribution >= 0.6 is 0 Å². The lowest BCUT2D eigenvalue weighted by Gasteiger charge is -2.26. The molecule has 188 valence electrons. The van der Waals surface area contributed by atoms with Crippen LogP contribution in [0.15, 0.2) is 47.4 Å². The molecule has 0 aliphatic carbocycles. The van der Waals surface area contributed by atoms with Crippen LogP contribution in [0.3, 0.4) is 0 Å². The highest BCUT2D eigenvalue weighted by molar-refractivity contribution is 7.89. The van der Waals surface area contributed by atoms with Gasteiger partial charge in [-0.25, -0.2) is 13.4 Å². The number of nitrogens with zero attached hydrogens (tertiary/aromatic N) is 3. The summed E-state index contributed by atoms with van der Waals surface area (Å²) in [6.45, 7) is 8.62. The molecule has 0 atom stereocenters. The zero-order chi connectivity index (χ0) is 25.0. The van der Waals surface area contributed by atoms with Crippen molar-refractivity contribution in [1.82, 2.24) is 13.9 Å². The summed E-state index contributed by atoms with van der Waals surface area (Å²) < 4.78 is 35.0. The molecule has 1 amide bonds. The molecule has 35 heavy (non-hydrogen) atoms. The Bertz CT molecular complexity index is 1280. The van der Waals surface area contributed by atoms with E-state index in [2.05, 4.69) is 30.7 Å². The molecule has 4 rings (SSSR count). The second-order valence-electron chi connectivity index (χ2n) is 9.17. The zero-order valence-corrected chi connectivity index (χ0v) is 21.5. The normalized spacial score (nSPS) is 15.1. The minimum Gasteiger partial charge on any atom is -0.379 e. The van der Waals surface area contributed by atoms with Crippen molar-refractivity contribution in [3.8, 4) is 0 Å². The van der Waals surface area contributed by atoms with Gasteiger partial charge in [0.25, 0.3) is 0 Å². The lowest BCUT2D eigenvalue weighted by Crippen LogP contribution is -2.40. The predicted octanol–water partition coefficient (Wildman–Crippen LogP) is 4.16. The maximum atomic E-state index is 13.1. The van der Waals surface area contributed by atoms with Gasteiger partial charge in [-0.05, 0) is 48.2 Å². The molecule has 0 radical (unpaired) electrons. The largest absolute Gasteiger partial charge is 0.379 e. The Labute approximate surface area is 207 Å². The average molecular weight is 499 g/mol. The summed E-state index contributed by atoms with van der Waals surface area (Å²) >= 11 is 0. The Hall–Kier alpha value is -2.75. The van der Waals surface area contributed by atoms with Gasteiger partial charge in [0, 0.05) is 38.2 Å². The van der Waals surface area contributed by atoms with Crippen molar-refractivity contribution in [3.63, 3.8) is 0 Å². The molecular weight excluding hydrogens is 464 g/mol. The molecule has 1 aliphatic rings. The number of aromatic nitrogens is 2. The molecule has 0 unspecified atom stereocenters. The Balaban J connectivity index is 1.50. The number of hydrogen-bond donors (Lipinski definition) is 1. The summed E-state index contributed by atoms with van der Waals surface area (Å²) in [4.78, 5) is 17.6. The summed E-state index contributed by atoms with van der Waals surface area (Å²) in [5, 5.41) is 2.96. The van der Waals surface area contributed by atoms with Crippen LogP contribution < -0.4 is 5.32 Å². The maximum Gasteiger partial charge on any atom is 0.243 e. The first-order chi connectivity index (χ1) is 16.8. The molecule has 9 heteroatoms. The van der Waals surface area contributed by atoms with Gasteiger partial charge >= 0.3 is 0 Å². The number of fused-ring (bicyclic) bond motifs is 1. The number of amides is 1. The van der Waals surface area contributed by atoms with E-state index >= 15 is 0 Å². The molecule has 1 aliphatic heterocycles. The van der Waals surface area contributed by atoms with E-state index in [1.54, 1.807) is 12.1 Å². The van der Waals surface area contributed by atoms with E-state index in [0.29, 0.717) is 44.2 Å². The Morgan fingerprint density at radius 3 is 2.49 bits per heavy atom. The number of benzene rings is 2. The Kier molecular flexibility index (Phi) is 7.88. The Morgan fingerprint density at radius 1 is 1.11 bits per heavy atom. The van der Waals surface area contributed by atoms with Crippen molar-refractivity contribution in [3.05, 3.63) is 53.9 Å². The van der Waals surface area contributed by atoms with E-state index in [1.807, 2.05) is 30.3 Å². The number of imidazole rings is 1. The van der Waals surface area contributed by atoms with E-state index in [-0.39, 0.29) is 17.2 Å². The minimum atomic E-state index is -3.60. The SMILES string of the molecule is CCCn1c(CCC(=O)Nc2ccc(C(C)C)cc2)nc2cc(S(=O)(=O)N3CCOCC3)ccc21. The van der Waals surface area contributed by atoms with Gasteiger partial charge in [-0.2, -0.15) is 4.31 Å². The third-order valence-electron chi connectivity index (χ3n) is 6.29. The molecule has 0 bridgehead atoms. The fourth-order valence-electron chi connectivity index (χ4n) is 4.32. The second kappa shape index (κ2) is 10.9. The molecule has 8 nitrogen and oxygen atoms in total. The summed E-state index contributed by atoms with van der Waals surface area (Å²) in [6, 6.07) is 13.0. The number of ether oxygens (including phenoxy) is 1. The second-order valence-corrected chi connectivity index (χ2v) is 11.1. The molecule has 2 heterocycles. The van der Waals surface area contributed by atoms with Gasteiger partial charge in [0.15, 0.2) is 0 Å². The van der Waals surface area contributed by atoms with E-state index in [0.717, 1.165) is 30.0 Å². The smallest absolute Gasteiger partial charge is 0.243 e. The average Bonchev–Trinajstić information content (AvgIpc) is 3.20. The highest BCUT2D eigenvalue weighted by atomic mass is 32.2. The number of morpholine rings is 1. The first kappa shape index (κ1) is 25.3. The van der Waals surface area contributed by atoms with Crippen molar-refractivity contribution < 1.29 is 17.9 Å². The van der Waals surface area contributed by atoms with Gasteiger partial charge in [0.1, 0.15) is 5.82 Å². The van der Waals surface area contributed by atoms with Crippen molar-refractivity contribution in [1.29, 1.82) is 0 Å². The van der Waals surface area contributed by atoms with Crippen LogP contribution in [-0.4, -0.2) is 54.5 Å². The predicted molar refractivity (Wildman–Crippen MR) is 137 cm³/mol. The molecule has 2 aromatic carbocycles. The van der Waals surface area contributed by atoms with Crippen LogP contribution in [0, 0.1) is 0 Å². The van der Waals surface area contributed by atoms with E-state index in [9.17, 15) is 13.2 Å². The summed E-state index contributed by atoms with van der Waals surface area (Å²) in [6.07, 6.45) is 1.66. The number of aryl methyl sites for hydroxylation is 2. The fraction of sp³-hybridized carbons (Fsp3) is 0.462. The van der Waals surface area contributed by atoms with Crippen molar-refractivity contribution in [2.75, 3.05) is 31.6 Å². The van der Waals surface area contributed by atoms with Gasteiger partial charge in [-0.15, -0.1) is 0 Å². The Morgan fingerprint density at radius 2 is 1.83 bits per heavy atom. The van der Waals surface area contributed by atoms with Crippen molar-refractivity contribution in [2.45, 2.75) is 57.4 Å². The monoisotopic (exact) mass is 498 g/mol. The van der Waals surface area contributed by atoms with Crippen LogP contribution in [0.1, 0.15) is 50.9 Å². The molecule has 1 N–H and O–H groups in total. The first-order valence-electron chi connectivity index (χ1n) is 12.3. The van der Waals surface area contributed by atoms with Crippen LogP contribution in [0.25, 0.3) is 11.0 Å². The summed E-state index contributed by atoms with van der Waals surface area (Å²) in [5.74, 6) is 1.15. The van der Waals surface area contributed by atoms with Crippen LogP contribution in [-0.2, 0) is 32.5 Å². The standard InChI is InChI=1S/C26H34N4O4S/c1-4-13-30-24-10-9-22(35(32,33)29-14-16-34-17-15-29)18-23(24)28-25(30)11-12-26(31)27-21-7-5-20(6-8-21)19(2)3/h5-10,18-19H,4,11-17H2,1-3H3,(H,27,31). The van der Waals surface area contributed by atoms with Crippen LogP contribution in [0.2, 0.25) is 0 Å². The maximum absolute atomic E-state index is 13.1. The molecule has 0 spiro atoms. The number of hydrogen-bond acceptors (Lipinski definition) is 5. The number of anilines is 1. The zero-order valence-electron chi connectivity index (χ0n) is 20.7. The van der Waals surface area contributed by atoms with E-state index < -0.39 is 10.0 Å². The van der Waals surface area contributed by atoms with Gasteiger partial charge < -0.3 is 14.6 Å². The molecule has 0 saturated carbocycles. The quantitative estimate of drug-likeness (QED) is 0.478. The molecule has 1 saturated heterocycles. The van der Waals surface area contributed by atoms with Gasteiger partial charge in [0.2, 0.25) is 15.9 Å². The molecule has 3 aromatic rings. The number of carbonyl (C=O) groups is 1. The van der Waals surface area contributed by atoms with E-state index in [4.69, 9.17) is 9.72 Å². The van der Waals surface area contributed by atoms with Crippen molar-refractivity contribution in [2.24, 2.45) is 0 Å². The third-order valence-corrected chi connectivity index (χ3v) is 8.19. The summed E-state index contributed by atoms with van der Waals surface area (Å²) in [7, 11) is -3.60. The summed E-state index contributed by atoms with van der Waals surface area (Å²) in [5.41, 5.74) is 3.52. The first-order valence-corrected chi connectivity index (χ1v) is 13.7. The van der Waals surface area contributed by atoms with Gasteiger partial charge in [0.05, 0.1) is 29.1 Å². The van der Waals surface area contributed by atoms with Crippen LogP contribution in [0.5, 0.6) is 0 Å². The minimum absolute atomic E-state index is 0.0759. The van der Waals surface area contributed by atoms with Crippen LogP contribution in [0.4, 0.5) is 5.69 Å². The topological polar surface area (TPSA) is 93.5 Å². The number of nitrogens with one attached hydrogen (secondary N) is 1. The van der Waals surface area contributed by atoms with Gasteiger partial charge in [-0.1, -0.05) is 32.9 Å². The lowest BCUT2D eigenvalue weighted by molar-refractivity contribution is -0.116. The number of carbonyl (C=O) groups excluding carboxylic acids is 1. The van der Waals surface area contributed by atoms with Crippen molar-refractivity contribution >= 4 is 32.7 Å². The third kappa shape index (κ3) is 5.74. The van der Waals surface area contributed by atoms with Gasteiger partial charge in [-0.3, -0.25) is 4.79 Å². The van der Waals surface area contributed by atoms with E-state index in [1.165, 1.54) is 9.87 Å². The highest BCUT2D eigenvalue weighted by Crippen LogP contribution is 2.25. The molecular formula is C26H34N4O4S. The lowest BCUT2D eigenvalue weighted by atomic mass is 10.0.